The maximum atomic E-state index is 2.33. The van der Waals surface area contributed by atoms with Crippen LogP contribution in [0, 0.1) is 28.7 Å². The van der Waals surface area contributed by atoms with E-state index in [2.05, 4.69) is 74.5 Å². The summed E-state index contributed by atoms with van der Waals surface area (Å²) in [6.45, 7) is 4.51. The predicted molar refractivity (Wildman–Crippen MR) is 118 cm³/mol. The van der Waals surface area contributed by atoms with Crippen molar-refractivity contribution in [2.75, 3.05) is 0 Å². The molecule has 0 radical (unpaired) electrons. The molecule has 4 aromatic rings. The smallest absolute Gasteiger partial charge is 0.358 e. The molecule has 0 amide bonds. The van der Waals surface area contributed by atoms with Crippen LogP contribution in [0.5, 0.6) is 0 Å². The molecule has 0 atom stereocenters. The van der Waals surface area contributed by atoms with Gasteiger partial charge in [-0.3, -0.25) is 0 Å². The second-order valence-corrected chi connectivity index (χ2v) is 6.99. The standard InChI is InChI=1S/C24H24.2CH3.Zr/c1-17-15-19-9-3-5-13-23(19)21(17)11-7-8-12-22-18(2)16-20-10-4-6-14-24(20)22;;;/h3-6,9-10,13-16H,7-8,11-12H2,1-2H3;2*1H3;/q-2;2*-1;+4. The van der Waals surface area contributed by atoms with E-state index in [1.165, 1.54) is 58.4 Å². The van der Waals surface area contributed by atoms with Crippen molar-refractivity contribution in [2.24, 2.45) is 0 Å². The molecular formula is C26H30Zr. The largest absolute Gasteiger partial charge is 4.00 e. The van der Waals surface area contributed by atoms with Crippen molar-refractivity contribution < 1.29 is 26.2 Å². The van der Waals surface area contributed by atoms with E-state index >= 15 is 0 Å². The van der Waals surface area contributed by atoms with Gasteiger partial charge in [-0.2, -0.15) is 11.1 Å². The van der Waals surface area contributed by atoms with Crippen LogP contribution >= 0.6 is 0 Å². The Bertz CT molecular complexity index is 902. The van der Waals surface area contributed by atoms with Crippen LogP contribution in [0.25, 0.3) is 21.5 Å². The van der Waals surface area contributed by atoms with Gasteiger partial charge < -0.3 is 14.9 Å². The number of benzene rings is 2. The Morgan fingerprint density at radius 3 is 1.41 bits per heavy atom. The minimum Gasteiger partial charge on any atom is -0.358 e. The van der Waals surface area contributed by atoms with Crippen molar-refractivity contribution in [3.63, 3.8) is 0 Å². The molecule has 0 unspecified atom stereocenters. The van der Waals surface area contributed by atoms with Gasteiger partial charge in [-0.15, -0.1) is 81.2 Å². The number of aryl methyl sites for hydroxylation is 4. The van der Waals surface area contributed by atoms with Gasteiger partial charge in [-0.25, -0.2) is 0 Å². The van der Waals surface area contributed by atoms with Crippen LogP contribution in [0.3, 0.4) is 0 Å². The molecule has 0 N–H and O–H groups in total. The van der Waals surface area contributed by atoms with Gasteiger partial charge >= 0.3 is 26.2 Å². The molecule has 4 rings (SSSR count). The molecule has 0 saturated heterocycles. The van der Waals surface area contributed by atoms with E-state index in [4.69, 9.17) is 0 Å². The van der Waals surface area contributed by atoms with Gasteiger partial charge in [0.05, 0.1) is 0 Å². The average molecular weight is 434 g/mol. The molecule has 0 bridgehead atoms. The van der Waals surface area contributed by atoms with Crippen molar-refractivity contribution in [3.8, 4) is 0 Å². The first kappa shape index (κ1) is 23.6. The monoisotopic (exact) mass is 432 g/mol. The van der Waals surface area contributed by atoms with Crippen LogP contribution in [0.15, 0.2) is 60.7 Å². The van der Waals surface area contributed by atoms with E-state index in [0.717, 1.165) is 0 Å². The Kier molecular flexibility index (Phi) is 8.90. The van der Waals surface area contributed by atoms with Crippen LogP contribution in [0.2, 0.25) is 0 Å². The molecule has 0 fully saturated rings. The van der Waals surface area contributed by atoms with Gasteiger partial charge in [0.15, 0.2) is 0 Å². The van der Waals surface area contributed by atoms with E-state index in [-0.39, 0.29) is 41.1 Å². The fourth-order valence-corrected chi connectivity index (χ4v) is 4.13. The summed E-state index contributed by atoms with van der Waals surface area (Å²) in [4.78, 5) is 0. The third kappa shape index (κ3) is 4.69. The van der Waals surface area contributed by atoms with Crippen LogP contribution in [-0.2, 0) is 39.0 Å². The quantitative estimate of drug-likeness (QED) is 0.226. The molecule has 0 nitrogen and oxygen atoms in total. The van der Waals surface area contributed by atoms with E-state index in [1.807, 2.05) is 0 Å². The van der Waals surface area contributed by atoms with E-state index < -0.39 is 0 Å². The second-order valence-electron chi connectivity index (χ2n) is 6.99. The molecule has 0 aliphatic heterocycles. The molecule has 0 heterocycles. The van der Waals surface area contributed by atoms with Crippen molar-refractivity contribution in [2.45, 2.75) is 39.5 Å². The minimum absolute atomic E-state index is 0. The Morgan fingerprint density at radius 1 is 0.630 bits per heavy atom. The fourth-order valence-electron chi connectivity index (χ4n) is 4.13. The number of fused-ring (bicyclic) bond motifs is 2. The average Bonchev–Trinajstić information content (AvgIpc) is 3.08. The summed E-state index contributed by atoms with van der Waals surface area (Å²) < 4.78 is 0. The Balaban J connectivity index is 0.00000121. The number of hydrogen-bond acceptors (Lipinski definition) is 0. The number of unbranched alkanes of at least 4 members (excludes halogenated alkanes) is 1. The van der Waals surface area contributed by atoms with Crippen LogP contribution in [0.4, 0.5) is 0 Å². The molecule has 1 heteroatoms. The van der Waals surface area contributed by atoms with Gasteiger partial charge in [-0.1, -0.05) is 51.7 Å². The van der Waals surface area contributed by atoms with Crippen LogP contribution in [-0.4, -0.2) is 0 Å². The third-order valence-electron chi connectivity index (χ3n) is 5.37. The first-order valence-electron chi connectivity index (χ1n) is 9.02. The summed E-state index contributed by atoms with van der Waals surface area (Å²) in [7, 11) is 0. The third-order valence-corrected chi connectivity index (χ3v) is 5.37. The molecule has 0 aromatic heterocycles. The van der Waals surface area contributed by atoms with E-state index in [1.54, 1.807) is 11.1 Å². The summed E-state index contributed by atoms with van der Waals surface area (Å²) in [5.74, 6) is 0. The van der Waals surface area contributed by atoms with Gasteiger partial charge in [0.2, 0.25) is 0 Å². The number of hydrogen-bond donors (Lipinski definition) is 0. The molecule has 138 valence electrons. The van der Waals surface area contributed by atoms with Gasteiger partial charge in [-0.05, 0) is 0 Å². The first-order chi connectivity index (χ1) is 11.7. The summed E-state index contributed by atoms with van der Waals surface area (Å²) in [5, 5.41) is 5.68. The SMILES string of the molecule is Cc1[cH-]c2ccccc2c1CCCCc1c(C)[cH-]c2ccccc12.[CH3-].[CH3-].[Zr+4]. The Labute approximate surface area is 184 Å². The number of rotatable bonds is 5. The van der Waals surface area contributed by atoms with Gasteiger partial charge in [0.25, 0.3) is 0 Å². The van der Waals surface area contributed by atoms with E-state index in [9.17, 15) is 0 Å². The Morgan fingerprint density at radius 2 is 1.00 bits per heavy atom. The summed E-state index contributed by atoms with van der Waals surface area (Å²) in [6.07, 6.45) is 4.90. The normalized spacial score (nSPS) is 10.3. The fraction of sp³-hybridized carbons (Fsp3) is 0.231. The van der Waals surface area contributed by atoms with E-state index in [0.29, 0.717) is 0 Å². The van der Waals surface area contributed by atoms with Crippen molar-refractivity contribution >= 4 is 21.5 Å². The van der Waals surface area contributed by atoms with Crippen LogP contribution < -0.4 is 0 Å². The maximum absolute atomic E-state index is 2.33. The van der Waals surface area contributed by atoms with Crippen molar-refractivity contribution in [1.29, 1.82) is 0 Å². The zero-order chi connectivity index (χ0) is 16.5. The molecule has 27 heavy (non-hydrogen) atoms. The molecule has 4 aromatic carbocycles. The van der Waals surface area contributed by atoms with Crippen molar-refractivity contribution in [3.05, 3.63) is 97.8 Å². The van der Waals surface area contributed by atoms with Gasteiger partial charge in [0.1, 0.15) is 0 Å². The van der Waals surface area contributed by atoms with Gasteiger partial charge in [0, 0.05) is 0 Å². The molecule has 0 aliphatic carbocycles. The second kappa shape index (κ2) is 10.2. The molecular weight excluding hydrogens is 404 g/mol. The minimum atomic E-state index is 0. The molecule has 0 saturated carbocycles. The maximum Gasteiger partial charge on any atom is 4.00 e. The zero-order valence-corrected chi connectivity index (χ0v) is 19.6. The molecule has 0 spiro atoms. The summed E-state index contributed by atoms with van der Waals surface area (Å²) >= 11 is 0. The Hall–Kier alpha value is -1.46. The molecule has 0 aliphatic rings. The van der Waals surface area contributed by atoms with Crippen molar-refractivity contribution in [1.82, 2.24) is 0 Å². The summed E-state index contributed by atoms with van der Waals surface area (Å²) in [6, 6.07) is 22.2. The van der Waals surface area contributed by atoms with Crippen LogP contribution in [0.1, 0.15) is 35.1 Å². The predicted octanol–water partition coefficient (Wildman–Crippen LogP) is 7.51. The zero-order valence-electron chi connectivity index (χ0n) is 17.1. The first-order valence-corrected chi connectivity index (χ1v) is 9.02. The topological polar surface area (TPSA) is 0 Å². The summed E-state index contributed by atoms with van der Waals surface area (Å²) in [5.41, 5.74) is 6.00.